The lowest BCUT2D eigenvalue weighted by Crippen LogP contribution is -2.31. The van der Waals surface area contributed by atoms with E-state index in [2.05, 4.69) is 47.2 Å². The summed E-state index contributed by atoms with van der Waals surface area (Å²) in [6, 6.07) is 2.23. The Hall–Kier alpha value is -0.800. The molecule has 0 atom stereocenters. The monoisotopic (exact) mass is 263 g/mol. The normalized spacial score (nSPS) is 18.0. The van der Waals surface area contributed by atoms with Crippen LogP contribution in [-0.4, -0.2) is 36.1 Å². The van der Waals surface area contributed by atoms with E-state index in [1.54, 1.807) is 0 Å². The second kappa shape index (κ2) is 7.71. The molecule has 1 N–H and O–H groups in total. The van der Waals surface area contributed by atoms with Crippen LogP contribution in [0.15, 0.2) is 18.5 Å². The van der Waals surface area contributed by atoms with Crippen molar-refractivity contribution in [3.8, 4) is 0 Å². The fourth-order valence-corrected chi connectivity index (χ4v) is 2.88. The van der Waals surface area contributed by atoms with Crippen LogP contribution < -0.4 is 5.32 Å². The molecule has 0 unspecified atom stereocenters. The Morgan fingerprint density at radius 2 is 2.11 bits per heavy atom. The van der Waals surface area contributed by atoms with Gasteiger partial charge < -0.3 is 14.8 Å². The number of piperidine rings is 1. The van der Waals surface area contributed by atoms with Crippen molar-refractivity contribution < 1.29 is 0 Å². The van der Waals surface area contributed by atoms with E-state index >= 15 is 0 Å². The van der Waals surface area contributed by atoms with Gasteiger partial charge in [0.15, 0.2) is 0 Å². The zero-order valence-corrected chi connectivity index (χ0v) is 12.6. The minimum atomic E-state index is 0.938. The van der Waals surface area contributed by atoms with Crippen molar-refractivity contribution in [2.24, 2.45) is 5.92 Å². The summed E-state index contributed by atoms with van der Waals surface area (Å²) in [6.07, 6.45) is 9.76. The van der Waals surface area contributed by atoms with Crippen molar-refractivity contribution in [2.45, 2.75) is 45.7 Å². The molecule has 1 saturated heterocycles. The van der Waals surface area contributed by atoms with Crippen LogP contribution in [0.1, 0.15) is 38.2 Å². The van der Waals surface area contributed by atoms with E-state index in [4.69, 9.17) is 0 Å². The molecular weight excluding hydrogens is 234 g/mol. The molecule has 0 aromatic carbocycles. The van der Waals surface area contributed by atoms with E-state index in [1.807, 2.05) is 0 Å². The van der Waals surface area contributed by atoms with Gasteiger partial charge in [0.2, 0.25) is 0 Å². The molecule has 1 aromatic rings. The standard InChI is InChI=1S/C16H29N3/c1-3-9-19-12-7-16(14-19)13-17-8-4-15-5-10-18(2)11-6-15/h7,12,14-15,17H,3-6,8-11,13H2,1-2H3. The molecule has 2 rings (SSSR count). The first-order valence-electron chi connectivity index (χ1n) is 7.82. The molecule has 1 aromatic heterocycles. The molecule has 0 radical (unpaired) electrons. The van der Waals surface area contributed by atoms with Gasteiger partial charge in [-0.15, -0.1) is 0 Å². The van der Waals surface area contributed by atoms with Gasteiger partial charge in [-0.1, -0.05) is 6.92 Å². The number of hydrogen-bond donors (Lipinski definition) is 1. The maximum Gasteiger partial charge on any atom is 0.0220 e. The first-order valence-corrected chi connectivity index (χ1v) is 7.82. The minimum absolute atomic E-state index is 0.938. The summed E-state index contributed by atoms with van der Waals surface area (Å²) in [7, 11) is 2.23. The van der Waals surface area contributed by atoms with Crippen LogP contribution in [0.25, 0.3) is 0 Å². The molecule has 1 aliphatic rings. The zero-order valence-electron chi connectivity index (χ0n) is 12.6. The SMILES string of the molecule is CCCn1ccc(CNCCC2CCN(C)CC2)c1. The van der Waals surface area contributed by atoms with Crippen LogP contribution in [0.4, 0.5) is 0 Å². The van der Waals surface area contributed by atoms with Crippen molar-refractivity contribution in [1.82, 2.24) is 14.8 Å². The highest BCUT2D eigenvalue weighted by atomic mass is 15.1. The smallest absolute Gasteiger partial charge is 0.0220 e. The van der Waals surface area contributed by atoms with Crippen molar-refractivity contribution >= 4 is 0 Å². The van der Waals surface area contributed by atoms with E-state index in [0.29, 0.717) is 0 Å². The first kappa shape index (κ1) is 14.6. The van der Waals surface area contributed by atoms with Crippen LogP contribution in [-0.2, 0) is 13.1 Å². The van der Waals surface area contributed by atoms with Crippen molar-refractivity contribution in [2.75, 3.05) is 26.7 Å². The van der Waals surface area contributed by atoms with Crippen LogP contribution in [0.2, 0.25) is 0 Å². The van der Waals surface area contributed by atoms with Gasteiger partial charge in [-0.2, -0.15) is 0 Å². The molecule has 0 saturated carbocycles. The van der Waals surface area contributed by atoms with Gasteiger partial charge >= 0.3 is 0 Å². The summed E-state index contributed by atoms with van der Waals surface area (Å²) in [4.78, 5) is 2.44. The summed E-state index contributed by atoms with van der Waals surface area (Å²) in [5.74, 6) is 0.938. The summed E-state index contributed by atoms with van der Waals surface area (Å²) in [5, 5.41) is 3.59. The summed E-state index contributed by atoms with van der Waals surface area (Å²) >= 11 is 0. The predicted octanol–water partition coefficient (Wildman–Crippen LogP) is 2.72. The third-order valence-corrected chi connectivity index (χ3v) is 4.19. The molecule has 0 spiro atoms. The molecule has 2 heterocycles. The second-order valence-corrected chi connectivity index (χ2v) is 5.97. The highest BCUT2D eigenvalue weighted by molar-refractivity contribution is 5.09. The number of hydrogen-bond acceptors (Lipinski definition) is 2. The fourth-order valence-electron chi connectivity index (χ4n) is 2.88. The van der Waals surface area contributed by atoms with E-state index < -0.39 is 0 Å². The van der Waals surface area contributed by atoms with E-state index in [9.17, 15) is 0 Å². The molecule has 108 valence electrons. The summed E-state index contributed by atoms with van der Waals surface area (Å²) < 4.78 is 2.29. The van der Waals surface area contributed by atoms with Crippen molar-refractivity contribution in [3.63, 3.8) is 0 Å². The van der Waals surface area contributed by atoms with Crippen molar-refractivity contribution in [3.05, 3.63) is 24.0 Å². The summed E-state index contributed by atoms with van der Waals surface area (Å²) in [6.45, 7) is 8.10. The van der Waals surface area contributed by atoms with E-state index in [1.165, 1.54) is 44.3 Å². The molecule has 0 aliphatic carbocycles. The molecular formula is C16H29N3. The Morgan fingerprint density at radius 3 is 2.84 bits per heavy atom. The van der Waals surface area contributed by atoms with Crippen LogP contribution in [0.3, 0.4) is 0 Å². The maximum atomic E-state index is 3.59. The van der Waals surface area contributed by atoms with Gasteiger partial charge in [0.25, 0.3) is 0 Å². The Labute approximate surface area is 118 Å². The average molecular weight is 263 g/mol. The number of rotatable bonds is 7. The largest absolute Gasteiger partial charge is 0.354 e. The number of likely N-dealkylation sites (tertiary alicyclic amines) is 1. The molecule has 0 amide bonds. The Bertz CT molecular complexity index is 351. The Kier molecular flexibility index (Phi) is 5.93. The van der Waals surface area contributed by atoms with Gasteiger partial charge in [0.05, 0.1) is 0 Å². The highest BCUT2D eigenvalue weighted by Crippen LogP contribution is 2.18. The van der Waals surface area contributed by atoms with Crippen molar-refractivity contribution in [1.29, 1.82) is 0 Å². The predicted molar refractivity (Wildman–Crippen MR) is 81.3 cm³/mol. The third kappa shape index (κ3) is 5.00. The van der Waals surface area contributed by atoms with E-state index in [0.717, 1.165) is 25.6 Å². The molecule has 1 fully saturated rings. The zero-order chi connectivity index (χ0) is 13.5. The van der Waals surface area contributed by atoms with E-state index in [-0.39, 0.29) is 0 Å². The highest BCUT2D eigenvalue weighted by Gasteiger charge is 2.15. The third-order valence-electron chi connectivity index (χ3n) is 4.19. The average Bonchev–Trinajstić information content (AvgIpc) is 2.85. The van der Waals surface area contributed by atoms with Gasteiger partial charge in [-0.25, -0.2) is 0 Å². The Morgan fingerprint density at radius 1 is 1.32 bits per heavy atom. The number of aromatic nitrogens is 1. The number of nitrogens with one attached hydrogen (secondary N) is 1. The Balaban J connectivity index is 1.58. The second-order valence-electron chi connectivity index (χ2n) is 5.97. The van der Waals surface area contributed by atoms with Gasteiger partial charge in [0.1, 0.15) is 0 Å². The fraction of sp³-hybridized carbons (Fsp3) is 0.750. The molecule has 1 aliphatic heterocycles. The quantitative estimate of drug-likeness (QED) is 0.763. The number of nitrogens with zero attached hydrogens (tertiary/aromatic N) is 2. The van der Waals surface area contributed by atoms with Crippen LogP contribution in [0.5, 0.6) is 0 Å². The summed E-state index contributed by atoms with van der Waals surface area (Å²) in [5.41, 5.74) is 1.41. The molecule has 19 heavy (non-hydrogen) atoms. The molecule has 3 nitrogen and oxygen atoms in total. The topological polar surface area (TPSA) is 20.2 Å². The first-order chi connectivity index (χ1) is 9.28. The lowest BCUT2D eigenvalue weighted by molar-refractivity contribution is 0.211. The van der Waals surface area contributed by atoms with Crippen LogP contribution in [0, 0.1) is 5.92 Å². The minimum Gasteiger partial charge on any atom is -0.354 e. The lowest BCUT2D eigenvalue weighted by atomic mass is 9.94. The van der Waals surface area contributed by atoms with Gasteiger partial charge in [-0.05, 0) is 69.9 Å². The lowest BCUT2D eigenvalue weighted by Gasteiger charge is -2.28. The molecule has 0 bridgehead atoms. The molecule has 3 heteroatoms. The van der Waals surface area contributed by atoms with Gasteiger partial charge in [0, 0.05) is 25.5 Å². The maximum absolute atomic E-state index is 3.59. The number of aryl methyl sites for hydroxylation is 1. The van der Waals surface area contributed by atoms with Crippen LogP contribution >= 0.6 is 0 Å². The van der Waals surface area contributed by atoms with Gasteiger partial charge in [-0.3, -0.25) is 0 Å².